The Labute approximate surface area is 372 Å². The van der Waals surface area contributed by atoms with Gasteiger partial charge in [0.2, 0.25) is 0 Å². The molecule has 0 saturated heterocycles. The number of rotatable bonds is 7. The Kier molecular flexibility index (Phi) is 9.03. The van der Waals surface area contributed by atoms with E-state index in [2.05, 4.69) is 233 Å². The van der Waals surface area contributed by atoms with E-state index in [-0.39, 0.29) is 5.54 Å². The van der Waals surface area contributed by atoms with Crippen molar-refractivity contribution >= 4 is 38.9 Å². The lowest BCUT2D eigenvalue weighted by Gasteiger charge is -2.36. The van der Waals surface area contributed by atoms with Gasteiger partial charge in [-0.3, -0.25) is 4.57 Å². The largest absolute Gasteiger partial charge is 0.347 e. The average molecular weight is 819 g/mol. The van der Waals surface area contributed by atoms with Crippen LogP contribution in [-0.4, -0.2) is 21.8 Å². The molecule has 3 heterocycles. The summed E-state index contributed by atoms with van der Waals surface area (Å²) in [7, 11) is 0. The lowest BCUT2D eigenvalue weighted by Crippen LogP contribution is -2.42. The molecule has 0 saturated carbocycles. The van der Waals surface area contributed by atoms with Crippen LogP contribution in [0.4, 0.5) is 17.1 Å². The molecule has 0 radical (unpaired) electrons. The number of pyridine rings is 1. The maximum atomic E-state index is 5.18. The molecular weight excluding hydrogens is 765 g/mol. The van der Waals surface area contributed by atoms with Crippen LogP contribution in [0.1, 0.15) is 93.7 Å². The van der Waals surface area contributed by atoms with E-state index < -0.39 is 5.41 Å². The Bertz CT molecular complexity index is 3160. The third kappa shape index (κ3) is 5.91. The molecule has 4 heteroatoms. The highest BCUT2D eigenvalue weighted by atomic mass is 15.4. The predicted molar refractivity (Wildman–Crippen MR) is 265 cm³/mol. The maximum Gasteiger partial charge on any atom is 0.138 e. The lowest BCUT2D eigenvalue weighted by molar-refractivity contribution is 0.518. The van der Waals surface area contributed by atoms with Gasteiger partial charge < -0.3 is 9.80 Å². The Morgan fingerprint density at radius 1 is 0.540 bits per heavy atom. The third-order valence-corrected chi connectivity index (χ3v) is 13.8. The summed E-state index contributed by atoms with van der Waals surface area (Å²) in [5.74, 6) is 1.69. The molecule has 63 heavy (non-hydrogen) atoms. The molecule has 0 N–H and O–H groups in total. The van der Waals surface area contributed by atoms with Crippen molar-refractivity contribution in [2.24, 2.45) is 0 Å². The zero-order valence-electron chi connectivity index (χ0n) is 37.4. The number of hydrogen-bond acceptors (Lipinski definition) is 3. The van der Waals surface area contributed by atoms with Gasteiger partial charge in [-0.05, 0) is 137 Å². The van der Waals surface area contributed by atoms with Gasteiger partial charge in [-0.15, -0.1) is 0 Å². The molecule has 0 spiro atoms. The number of nitrogens with zero attached hydrogens (tertiary/aromatic N) is 4. The van der Waals surface area contributed by atoms with Crippen molar-refractivity contribution in [2.45, 2.75) is 71.3 Å². The molecule has 0 unspecified atom stereocenters. The first-order valence-corrected chi connectivity index (χ1v) is 22.6. The van der Waals surface area contributed by atoms with Crippen molar-refractivity contribution in [1.29, 1.82) is 0 Å². The van der Waals surface area contributed by atoms with E-state index in [0.717, 1.165) is 23.5 Å². The van der Waals surface area contributed by atoms with Gasteiger partial charge in [0, 0.05) is 28.2 Å². The van der Waals surface area contributed by atoms with Crippen LogP contribution in [0.2, 0.25) is 0 Å². The summed E-state index contributed by atoms with van der Waals surface area (Å²) in [6, 6.07) is 63.8. The van der Waals surface area contributed by atoms with Crippen molar-refractivity contribution < 1.29 is 0 Å². The fourth-order valence-corrected chi connectivity index (χ4v) is 11.0. The monoisotopic (exact) mass is 818 g/mol. The van der Waals surface area contributed by atoms with E-state index in [4.69, 9.17) is 4.98 Å². The lowest BCUT2D eigenvalue weighted by atomic mass is 9.67. The SMILES string of the molecule is CC(C)c1cccc(C(C)C)c1-c1ccnc(-n2c3ccccc3c3ccc(C4(c5cccc(N6CN(C(C)(C)C)c7ccccc76)c5)c5ccccc5-c5ccccc54)cc32)c1. The Morgan fingerprint density at radius 2 is 1.14 bits per heavy atom. The second-order valence-corrected chi connectivity index (χ2v) is 19.2. The number of fused-ring (bicyclic) bond motifs is 7. The normalized spacial score (nSPS) is 14.2. The molecule has 2 aliphatic rings. The molecule has 11 rings (SSSR count). The van der Waals surface area contributed by atoms with Gasteiger partial charge in [0.1, 0.15) is 5.82 Å². The number of benzene rings is 7. The second kappa shape index (κ2) is 14.6. The zero-order chi connectivity index (χ0) is 43.2. The van der Waals surface area contributed by atoms with Crippen LogP contribution < -0.4 is 9.80 Å². The van der Waals surface area contributed by atoms with Gasteiger partial charge in [0.05, 0.1) is 34.5 Å². The summed E-state index contributed by atoms with van der Waals surface area (Å²) in [4.78, 5) is 10.2. The number of hydrogen-bond donors (Lipinski definition) is 0. The average Bonchev–Trinajstić information content (AvgIpc) is 3.96. The minimum atomic E-state index is -0.598. The topological polar surface area (TPSA) is 24.3 Å². The molecule has 1 aliphatic carbocycles. The van der Waals surface area contributed by atoms with Gasteiger partial charge in [-0.25, -0.2) is 4.98 Å². The van der Waals surface area contributed by atoms with Crippen molar-refractivity contribution in [3.63, 3.8) is 0 Å². The fourth-order valence-electron chi connectivity index (χ4n) is 11.0. The maximum absolute atomic E-state index is 5.18. The van der Waals surface area contributed by atoms with Crippen molar-refractivity contribution in [2.75, 3.05) is 16.5 Å². The molecule has 9 aromatic rings. The molecule has 0 amide bonds. The van der Waals surface area contributed by atoms with Crippen molar-refractivity contribution in [3.8, 4) is 28.1 Å². The Hall–Kier alpha value is -6.91. The summed E-state index contributed by atoms with van der Waals surface area (Å²) < 4.78 is 2.41. The van der Waals surface area contributed by atoms with Crippen LogP contribution >= 0.6 is 0 Å². The summed E-state index contributed by atoms with van der Waals surface area (Å²) in [5.41, 5.74) is 18.3. The van der Waals surface area contributed by atoms with Gasteiger partial charge in [0.15, 0.2) is 0 Å². The van der Waals surface area contributed by atoms with Crippen molar-refractivity contribution in [1.82, 2.24) is 9.55 Å². The highest BCUT2D eigenvalue weighted by molar-refractivity contribution is 6.09. The van der Waals surface area contributed by atoms with Crippen LogP contribution in [-0.2, 0) is 5.41 Å². The van der Waals surface area contributed by atoms with E-state index >= 15 is 0 Å². The summed E-state index contributed by atoms with van der Waals surface area (Å²) in [6.07, 6.45) is 2.00. The van der Waals surface area contributed by atoms with Crippen LogP contribution in [0.25, 0.3) is 49.9 Å². The molecule has 310 valence electrons. The molecule has 7 aromatic carbocycles. The first-order valence-electron chi connectivity index (χ1n) is 22.6. The first kappa shape index (κ1) is 39.0. The molecule has 2 aromatic heterocycles. The summed E-state index contributed by atoms with van der Waals surface area (Å²) in [6.45, 7) is 16.9. The number of aromatic nitrogens is 2. The fraction of sp³-hybridized carbons (Fsp3) is 0.203. The second-order valence-electron chi connectivity index (χ2n) is 19.2. The summed E-state index contributed by atoms with van der Waals surface area (Å²) in [5, 5.41) is 2.43. The Balaban J connectivity index is 1.17. The van der Waals surface area contributed by atoms with E-state index in [1.165, 1.54) is 83.5 Å². The minimum Gasteiger partial charge on any atom is -0.347 e. The number of anilines is 3. The summed E-state index contributed by atoms with van der Waals surface area (Å²) >= 11 is 0. The highest BCUT2D eigenvalue weighted by Crippen LogP contribution is 2.57. The van der Waals surface area contributed by atoms with Gasteiger partial charge in [-0.1, -0.05) is 149 Å². The molecule has 0 bridgehead atoms. The van der Waals surface area contributed by atoms with Gasteiger partial charge >= 0.3 is 0 Å². The third-order valence-electron chi connectivity index (χ3n) is 13.8. The first-order chi connectivity index (χ1) is 30.6. The molecule has 0 fully saturated rings. The minimum absolute atomic E-state index is 0.0379. The van der Waals surface area contributed by atoms with E-state index in [1.54, 1.807) is 0 Å². The van der Waals surface area contributed by atoms with Crippen LogP contribution in [0, 0.1) is 0 Å². The Morgan fingerprint density at radius 3 is 1.84 bits per heavy atom. The molecule has 0 atom stereocenters. The van der Waals surface area contributed by atoms with E-state index in [0.29, 0.717) is 11.8 Å². The van der Waals surface area contributed by atoms with Crippen LogP contribution in [0.5, 0.6) is 0 Å². The molecule has 4 nitrogen and oxygen atoms in total. The van der Waals surface area contributed by atoms with E-state index in [9.17, 15) is 0 Å². The van der Waals surface area contributed by atoms with Crippen LogP contribution in [0.3, 0.4) is 0 Å². The van der Waals surface area contributed by atoms with E-state index in [1.807, 2.05) is 6.20 Å². The van der Waals surface area contributed by atoms with Gasteiger partial charge in [-0.2, -0.15) is 0 Å². The zero-order valence-corrected chi connectivity index (χ0v) is 37.4. The van der Waals surface area contributed by atoms with Crippen molar-refractivity contribution in [3.05, 3.63) is 209 Å². The van der Waals surface area contributed by atoms with Crippen LogP contribution in [0.15, 0.2) is 176 Å². The molecular formula is C59H54N4. The molecule has 1 aliphatic heterocycles. The highest BCUT2D eigenvalue weighted by Gasteiger charge is 2.46. The van der Waals surface area contributed by atoms with Gasteiger partial charge in [0.25, 0.3) is 0 Å². The quantitative estimate of drug-likeness (QED) is 0.160. The smallest absolute Gasteiger partial charge is 0.138 e. The predicted octanol–water partition coefficient (Wildman–Crippen LogP) is 15.2. The standard InChI is InChI=1S/C59H54N4/c1-38(2)44-23-17-24-45(39(3)4)57(44)40-32-33-60-56(34-40)63-52-27-13-10-22-48(52)49-31-30-42(36-55(49)63)59(50-25-11-8-20-46(50)47-21-9-12-26-51(47)59)41-18-16-19-43(35-41)61-37-62(58(5,6)7)54-29-15-14-28-53(54)61/h8-36,38-39H,37H2,1-7H3. The number of para-hydroxylation sites is 3.